The third kappa shape index (κ3) is 6.42. The van der Waals surface area contributed by atoms with E-state index in [2.05, 4.69) is 16.0 Å². The van der Waals surface area contributed by atoms with Gasteiger partial charge in [0.05, 0.1) is 24.4 Å². The quantitative estimate of drug-likeness (QED) is 0.649. The average Bonchev–Trinajstić information content (AvgIpc) is 2.61. The Labute approximate surface area is 161 Å². The number of hydrogen-bond acceptors (Lipinski definition) is 3. The number of carbonyl (C=O) groups excluding carboxylic acids is 1. The van der Waals surface area contributed by atoms with Crippen LogP contribution in [0.2, 0.25) is 10.0 Å². The van der Waals surface area contributed by atoms with E-state index in [0.29, 0.717) is 27.4 Å². The Morgan fingerprint density at radius 1 is 1.12 bits per heavy atom. The van der Waals surface area contributed by atoms with E-state index in [1.807, 2.05) is 24.3 Å². The molecule has 2 rings (SSSR count). The second kappa shape index (κ2) is 9.46. The fraction of sp³-hybridized carbons (Fsp3) is 0.176. The molecular formula is C17H17Cl2N3O2S. The van der Waals surface area contributed by atoms with Crippen LogP contribution >= 0.6 is 35.4 Å². The Morgan fingerprint density at radius 3 is 2.52 bits per heavy atom. The first-order chi connectivity index (χ1) is 12.0. The first kappa shape index (κ1) is 19.3. The maximum absolute atomic E-state index is 11.9. The largest absolute Gasteiger partial charge is 0.497 e. The predicted molar refractivity (Wildman–Crippen MR) is 106 cm³/mol. The maximum atomic E-state index is 11.9. The lowest BCUT2D eigenvalue weighted by Gasteiger charge is -2.12. The second-order valence-electron chi connectivity index (χ2n) is 5.06. The maximum Gasteiger partial charge on any atom is 0.243 e. The molecule has 8 heteroatoms. The van der Waals surface area contributed by atoms with Crippen molar-refractivity contribution in [3.63, 3.8) is 0 Å². The smallest absolute Gasteiger partial charge is 0.243 e. The first-order valence-corrected chi connectivity index (χ1v) is 8.54. The Morgan fingerprint density at radius 2 is 1.84 bits per heavy atom. The van der Waals surface area contributed by atoms with Crippen LogP contribution in [-0.2, 0) is 11.3 Å². The summed E-state index contributed by atoms with van der Waals surface area (Å²) in [6.07, 6.45) is 0. The van der Waals surface area contributed by atoms with Gasteiger partial charge in [0.1, 0.15) is 5.75 Å². The number of hydrogen-bond donors (Lipinski definition) is 3. The molecule has 0 aliphatic carbocycles. The van der Waals surface area contributed by atoms with Crippen molar-refractivity contribution in [3.05, 3.63) is 58.1 Å². The third-order valence-electron chi connectivity index (χ3n) is 3.22. The molecule has 0 aromatic heterocycles. The van der Waals surface area contributed by atoms with Gasteiger partial charge in [0.25, 0.3) is 0 Å². The van der Waals surface area contributed by atoms with Crippen molar-refractivity contribution in [3.8, 4) is 5.75 Å². The zero-order chi connectivity index (χ0) is 18.2. The summed E-state index contributed by atoms with van der Waals surface area (Å²) >= 11 is 17.0. The number of anilines is 1. The van der Waals surface area contributed by atoms with Gasteiger partial charge in [-0.05, 0) is 48.1 Å². The Bertz CT molecular complexity index is 754. The van der Waals surface area contributed by atoms with Crippen LogP contribution in [0.25, 0.3) is 0 Å². The molecule has 0 aliphatic heterocycles. The zero-order valence-electron chi connectivity index (χ0n) is 13.4. The number of benzene rings is 2. The van der Waals surface area contributed by atoms with Gasteiger partial charge >= 0.3 is 0 Å². The molecule has 25 heavy (non-hydrogen) atoms. The molecule has 0 spiro atoms. The molecule has 0 unspecified atom stereocenters. The highest BCUT2D eigenvalue weighted by molar-refractivity contribution is 7.80. The molecule has 0 heterocycles. The van der Waals surface area contributed by atoms with Gasteiger partial charge in [0, 0.05) is 11.6 Å². The van der Waals surface area contributed by atoms with Gasteiger partial charge in [-0.2, -0.15) is 0 Å². The number of amides is 1. The van der Waals surface area contributed by atoms with Crippen molar-refractivity contribution in [2.45, 2.75) is 6.54 Å². The summed E-state index contributed by atoms with van der Waals surface area (Å²) in [5, 5.41) is 9.82. The van der Waals surface area contributed by atoms with Gasteiger partial charge in [-0.3, -0.25) is 4.79 Å². The SMILES string of the molecule is COc1ccc(CNC(=S)NCC(=O)Nc2cc(Cl)ccc2Cl)cc1. The van der Waals surface area contributed by atoms with Crippen molar-refractivity contribution in [1.82, 2.24) is 10.6 Å². The van der Waals surface area contributed by atoms with Crippen LogP contribution in [0, 0.1) is 0 Å². The minimum absolute atomic E-state index is 0.0112. The summed E-state index contributed by atoms with van der Waals surface area (Å²) in [5.41, 5.74) is 1.50. The van der Waals surface area contributed by atoms with E-state index in [1.165, 1.54) is 0 Å². The standard InChI is InChI=1S/C17H17Cl2N3O2S/c1-24-13-5-2-11(3-6-13)9-20-17(25)21-10-16(23)22-15-8-12(18)4-7-14(15)19/h2-8H,9-10H2,1H3,(H,22,23)(H2,20,21,25). The number of nitrogens with one attached hydrogen (secondary N) is 3. The highest BCUT2D eigenvalue weighted by Gasteiger charge is 2.07. The molecule has 0 aliphatic rings. The molecule has 132 valence electrons. The second-order valence-corrected chi connectivity index (χ2v) is 6.31. The average molecular weight is 398 g/mol. The van der Waals surface area contributed by atoms with E-state index >= 15 is 0 Å². The summed E-state index contributed by atoms with van der Waals surface area (Å²) in [6, 6.07) is 12.5. The van der Waals surface area contributed by atoms with Crippen LogP contribution in [0.5, 0.6) is 5.75 Å². The van der Waals surface area contributed by atoms with E-state index in [-0.39, 0.29) is 12.5 Å². The molecule has 2 aromatic rings. The number of thiocarbonyl (C=S) groups is 1. The molecule has 0 atom stereocenters. The zero-order valence-corrected chi connectivity index (χ0v) is 15.8. The molecule has 0 saturated carbocycles. The van der Waals surface area contributed by atoms with Gasteiger partial charge in [0.15, 0.2) is 5.11 Å². The number of carbonyl (C=O) groups is 1. The van der Waals surface area contributed by atoms with Crippen LogP contribution in [0.1, 0.15) is 5.56 Å². The fourth-order valence-corrected chi connectivity index (χ4v) is 2.42. The molecule has 3 N–H and O–H groups in total. The van der Waals surface area contributed by atoms with Crippen LogP contribution in [0.3, 0.4) is 0 Å². The lowest BCUT2D eigenvalue weighted by atomic mass is 10.2. The Balaban J connectivity index is 1.75. The number of halogens is 2. The topological polar surface area (TPSA) is 62.4 Å². The molecule has 1 amide bonds. The van der Waals surface area contributed by atoms with E-state index in [9.17, 15) is 4.79 Å². The van der Waals surface area contributed by atoms with Gasteiger partial charge in [0.2, 0.25) is 5.91 Å². The molecule has 0 fully saturated rings. The normalized spacial score (nSPS) is 10.0. The van der Waals surface area contributed by atoms with E-state index in [4.69, 9.17) is 40.2 Å². The van der Waals surface area contributed by atoms with Crippen LogP contribution in [-0.4, -0.2) is 24.7 Å². The lowest BCUT2D eigenvalue weighted by molar-refractivity contribution is -0.115. The lowest BCUT2D eigenvalue weighted by Crippen LogP contribution is -2.39. The van der Waals surface area contributed by atoms with Crippen LogP contribution in [0.4, 0.5) is 5.69 Å². The minimum Gasteiger partial charge on any atom is -0.497 e. The molecule has 0 bridgehead atoms. The summed E-state index contributed by atoms with van der Waals surface area (Å²) in [4.78, 5) is 11.9. The van der Waals surface area contributed by atoms with E-state index in [1.54, 1.807) is 25.3 Å². The van der Waals surface area contributed by atoms with Crippen LogP contribution in [0.15, 0.2) is 42.5 Å². The van der Waals surface area contributed by atoms with Gasteiger partial charge < -0.3 is 20.7 Å². The van der Waals surface area contributed by atoms with E-state index < -0.39 is 0 Å². The highest BCUT2D eigenvalue weighted by Crippen LogP contribution is 2.25. The third-order valence-corrected chi connectivity index (χ3v) is 4.08. The predicted octanol–water partition coefficient (Wildman–Crippen LogP) is 3.60. The molecule has 0 saturated heterocycles. The number of methoxy groups -OCH3 is 1. The summed E-state index contributed by atoms with van der Waals surface area (Å²) in [6.45, 7) is 0.550. The minimum atomic E-state index is -0.280. The van der Waals surface area contributed by atoms with Gasteiger partial charge in [-0.15, -0.1) is 0 Å². The molecular weight excluding hydrogens is 381 g/mol. The van der Waals surface area contributed by atoms with Gasteiger partial charge in [-0.1, -0.05) is 35.3 Å². The molecule has 2 aromatic carbocycles. The number of rotatable bonds is 6. The highest BCUT2D eigenvalue weighted by atomic mass is 35.5. The summed E-state index contributed by atoms with van der Waals surface area (Å²) in [7, 11) is 1.62. The monoisotopic (exact) mass is 397 g/mol. The summed E-state index contributed by atoms with van der Waals surface area (Å²) < 4.78 is 5.10. The van der Waals surface area contributed by atoms with Crippen molar-refractivity contribution in [2.75, 3.05) is 19.0 Å². The molecule has 0 radical (unpaired) electrons. The van der Waals surface area contributed by atoms with Crippen molar-refractivity contribution >= 4 is 52.1 Å². The van der Waals surface area contributed by atoms with Crippen LogP contribution < -0.4 is 20.7 Å². The van der Waals surface area contributed by atoms with Crippen molar-refractivity contribution in [2.24, 2.45) is 0 Å². The molecule has 5 nitrogen and oxygen atoms in total. The van der Waals surface area contributed by atoms with E-state index in [0.717, 1.165) is 11.3 Å². The Hall–Kier alpha value is -2.02. The number of ether oxygens (including phenoxy) is 1. The Kier molecular flexibility index (Phi) is 7.31. The van der Waals surface area contributed by atoms with Gasteiger partial charge in [-0.25, -0.2) is 0 Å². The fourth-order valence-electron chi connectivity index (χ4n) is 1.94. The van der Waals surface area contributed by atoms with Crippen molar-refractivity contribution in [1.29, 1.82) is 0 Å². The summed E-state index contributed by atoms with van der Waals surface area (Å²) in [5.74, 6) is 0.513. The van der Waals surface area contributed by atoms with Crippen molar-refractivity contribution < 1.29 is 9.53 Å². The first-order valence-electron chi connectivity index (χ1n) is 7.37.